The van der Waals surface area contributed by atoms with Gasteiger partial charge in [0.15, 0.2) is 0 Å². The van der Waals surface area contributed by atoms with Crippen molar-refractivity contribution in [2.45, 2.75) is 37.3 Å². The molecule has 2 aliphatic heterocycles. The summed E-state index contributed by atoms with van der Waals surface area (Å²) in [6.45, 7) is 1.19. The summed E-state index contributed by atoms with van der Waals surface area (Å²) in [5.41, 5.74) is -0.962. The van der Waals surface area contributed by atoms with E-state index in [-0.39, 0.29) is 29.6 Å². The number of ether oxygens (including phenoxy) is 1. The number of likely N-dealkylation sites (N-methyl/N-ethyl adjacent to an activating group) is 1. The van der Waals surface area contributed by atoms with Crippen LogP contribution in [0, 0.1) is 0 Å². The van der Waals surface area contributed by atoms with E-state index in [9.17, 15) is 26.3 Å². The minimum absolute atomic E-state index is 0.0606. The van der Waals surface area contributed by atoms with Crippen molar-refractivity contribution in [1.29, 1.82) is 0 Å². The van der Waals surface area contributed by atoms with E-state index in [2.05, 4.69) is 9.88 Å². The molecule has 0 saturated carbocycles. The lowest BCUT2D eigenvalue weighted by Crippen LogP contribution is -2.33. The van der Waals surface area contributed by atoms with Crippen LogP contribution < -0.4 is 4.74 Å². The van der Waals surface area contributed by atoms with E-state index in [1.165, 1.54) is 25.4 Å². The predicted octanol–water partition coefficient (Wildman–Crippen LogP) is 6.07. The van der Waals surface area contributed by atoms with Crippen LogP contribution >= 0.6 is 0 Å². The number of pyridine rings is 1. The Kier molecular flexibility index (Phi) is 6.86. The molecule has 1 aromatic heterocycles. The molecular formula is C25H25F6N3O. The highest BCUT2D eigenvalue weighted by Gasteiger charge is 2.39. The van der Waals surface area contributed by atoms with E-state index in [0.717, 1.165) is 43.2 Å². The third-order valence-electron chi connectivity index (χ3n) is 6.43. The number of hydrogen-bond donors (Lipinski definition) is 0. The van der Waals surface area contributed by atoms with Crippen LogP contribution in [-0.2, 0) is 12.4 Å². The highest BCUT2D eigenvalue weighted by molar-refractivity contribution is 5.41. The summed E-state index contributed by atoms with van der Waals surface area (Å²) in [5.74, 6) is -0.0606. The Hall–Kier alpha value is -3.01. The zero-order valence-corrected chi connectivity index (χ0v) is 19.2. The first-order valence-electron chi connectivity index (χ1n) is 11.1. The van der Waals surface area contributed by atoms with Gasteiger partial charge in [-0.3, -0.25) is 9.88 Å². The van der Waals surface area contributed by atoms with Crippen LogP contribution in [0.2, 0.25) is 0 Å². The van der Waals surface area contributed by atoms with Crippen molar-refractivity contribution in [3.63, 3.8) is 0 Å². The van der Waals surface area contributed by atoms with Gasteiger partial charge in [0.1, 0.15) is 5.75 Å². The van der Waals surface area contributed by atoms with E-state index in [1.54, 1.807) is 11.1 Å². The number of alkyl halides is 6. The van der Waals surface area contributed by atoms with Crippen LogP contribution in [0.1, 0.15) is 41.3 Å². The average Bonchev–Trinajstić information content (AvgIpc) is 3.24. The summed E-state index contributed by atoms with van der Waals surface area (Å²) in [6.07, 6.45) is -0.568. The average molecular weight is 497 g/mol. The number of benzene rings is 1. The van der Waals surface area contributed by atoms with Crippen molar-refractivity contribution in [2.24, 2.45) is 0 Å². The van der Waals surface area contributed by atoms with Gasteiger partial charge in [0, 0.05) is 18.8 Å². The third-order valence-corrected chi connectivity index (χ3v) is 6.43. The maximum atomic E-state index is 14.1. The molecular weight excluding hydrogens is 472 g/mol. The number of methoxy groups -OCH3 is 1. The normalized spacial score (nSPS) is 20.2. The fraction of sp³-hybridized carbons (Fsp3) is 0.400. The Bertz CT molecular complexity index is 1110. The second kappa shape index (κ2) is 9.56. The lowest BCUT2D eigenvalue weighted by atomic mass is 9.94. The molecule has 2 atom stereocenters. The molecule has 1 unspecified atom stereocenters. The summed E-state index contributed by atoms with van der Waals surface area (Å²) >= 11 is 0. The van der Waals surface area contributed by atoms with E-state index < -0.39 is 29.5 Å². The van der Waals surface area contributed by atoms with Crippen molar-refractivity contribution in [3.8, 4) is 5.75 Å². The number of likely N-dealkylation sites (tertiary alicyclic amines) is 1. The zero-order valence-electron chi connectivity index (χ0n) is 19.2. The number of aromatic nitrogens is 1. The molecule has 1 fully saturated rings. The van der Waals surface area contributed by atoms with Gasteiger partial charge in [-0.1, -0.05) is 24.3 Å². The highest BCUT2D eigenvalue weighted by atomic mass is 19.4. The number of hydrogen-bond acceptors (Lipinski definition) is 4. The van der Waals surface area contributed by atoms with E-state index in [0.29, 0.717) is 0 Å². The molecule has 35 heavy (non-hydrogen) atoms. The largest absolute Gasteiger partial charge is 0.495 e. The first kappa shape index (κ1) is 25.1. The molecule has 10 heteroatoms. The van der Waals surface area contributed by atoms with Crippen molar-refractivity contribution in [3.05, 3.63) is 82.8 Å². The molecule has 1 aromatic carbocycles. The maximum Gasteiger partial charge on any atom is 0.418 e. The molecule has 4 nitrogen and oxygen atoms in total. The number of halogens is 6. The van der Waals surface area contributed by atoms with Gasteiger partial charge in [-0.15, -0.1) is 0 Å². The summed E-state index contributed by atoms with van der Waals surface area (Å²) in [5, 5.41) is 0. The van der Waals surface area contributed by atoms with Crippen LogP contribution in [0.5, 0.6) is 5.75 Å². The van der Waals surface area contributed by atoms with Crippen molar-refractivity contribution in [2.75, 3.05) is 27.2 Å². The Morgan fingerprint density at radius 2 is 1.77 bits per heavy atom. The smallest absolute Gasteiger partial charge is 0.418 e. The summed E-state index contributed by atoms with van der Waals surface area (Å²) in [6, 6.07) is 4.12. The first-order valence-corrected chi connectivity index (χ1v) is 11.1. The molecule has 2 aliphatic rings. The lowest BCUT2D eigenvalue weighted by Gasteiger charge is -2.35. The van der Waals surface area contributed by atoms with Gasteiger partial charge in [-0.2, -0.15) is 26.3 Å². The Balaban J connectivity index is 1.84. The van der Waals surface area contributed by atoms with Crippen molar-refractivity contribution < 1.29 is 31.1 Å². The molecule has 2 aromatic rings. The number of nitrogens with zero attached hydrogens (tertiary/aromatic N) is 3. The minimum atomic E-state index is -4.75. The topological polar surface area (TPSA) is 28.6 Å². The number of rotatable bonds is 5. The fourth-order valence-electron chi connectivity index (χ4n) is 4.68. The molecule has 0 aliphatic carbocycles. The quantitative estimate of drug-likeness (QED) is 0.469. The Labute approximate surface area is 199 Å². The lowest BCUT2D eigenvalue weighted by molar-refractivity contribution is -0.139. The van der Waals surface area contributed by atoms with Gasteiger partial charge in [-0.05, 0) is 55.8 Å². The van der Waals surface area contributed by atoms with Gasteiger partial charge >= 0.3 is 12.4 Å². The molecule has 0 amide bonds. The van der Waals surface area contributed by atoms with E-state index in [1.807, 2.05) is 19.2 Å². The summed E-state index contributed by atoms with van der Waals surface area (Å²) in [7, 11) is 3.23. The molecule has 0 bridgehead atoms. The Morgan fingerprint density at radius 1 is 1.06 bits per heavy atom. The molecule has 0 spiro atoms. The fourth-order valence-corrected chi connectivity index (χ4v) is 4.68. The molecule has 4 rings (SSSR count). The van der Waals surface area contributed by atoms with Crippen LogP contribution in [0.15, 0.2) is 60.5 Å². The van der Waals surface area contributed by atoms with Gasteiger partial charge in [0.05, 0.1) is 36.2 Å². The molecule has 0 N–H and O–H groups in total. The van der Waals surface area contributed by atoms with Crippen LogP contribution in [-0.4, -0.2) is 48.1 Å². The predicted molar refractivity (Wildman–Crippen MR) is 119 cm³/mol. The monoisotopic (exact) mass is 497 g/mol. The van der Waals surface area contributed by atoms with Gasteiger partial charge in [0.2, 0.25) is 0 Å². The second-order valence-electron chi connectivity index (χ2n) is 8.69. The highest BCUT2D eigenvalue weighted by Crippen LogP contribution is 2.41. The molecule has 188 valence electrons. The minimum Gasteiger partial charge on any atom is -0.495 e. The van der Waals surface area contributed by atoms with Crippen molar-refractivity contribution in [1.82, 2.24) is 14.8 Å². The van der Waals surface area contributed by atoms with Crippen LogP contribution in [0.3, 0.4) is 0 Å². The summed E-state index contributed by atoms with van der Waals surface area (Å²) in [4.78, 5) is 7.99. The van der Waals surface area contributed by atoms with Gasteiger partial charge in [0.25, 0.3) is 0 Å². The summed E-state index contributed by atoms with van der Waals surface area (Å²) < 4.78 is 86.7. The van der Waals surface area contributed by atoms with Gasteiger partial charge < -0.3 is 9.64 Å². The van der Waals surface area contributed by atoms with Crippen LogP contribution in [0.25, 0.3) is 0 Å². The molecule has 3 heterocycles. The molecule has 0 radical (unpaired) electrons. The van der Waals surface area contributed by atoms with Crippen molar-refractivity contribution >= 4 is 0 Å². The third kappa shape index (κ3) is 5.32. The van der Waals surface area contributed by atoms with Crippen LogP contribution in [0.4, 0.5) is 26.3 Å². The SMILES string of the molecule is COc1cnc(C(c2ccc(C(F)(F)F)cc2)N2C=C([C@@H]3CCCN3C)C=CC2)c(C(F)(F)F)c1. The van der Waals surface area contributed by atoms with E-state index in [4.69, 9.17) is 4.74 Å². The maximum absolute atomic E-state index is 14.1. The second-order valence-corrected chi connectivity index (χ2v) is 8.69. The van der Waals surface area contributed by atoms with E-state index >= 15 is 0 Å². The standard InChI is InChI=1S/C25H25F6N3O/c1-33-11-4-6-21(33)17-5-3-12-34(15-17)23(16-7-9-18(10-8-16)24(26,27)28)22-20(25(29,30)31)13-19(35-2)14-32-22/h3,5,7-10,13-15,21,23H,4,6,11-12H2,1-2H3/t21-,23?/m0/s1. The first-order chi connectivity index (χ1) is 16.5. The Morgan fingerprint density at radius 3 is 2.34 bits per heavy atom. The van der Waals surface area contributed by atoms with Gasteiger partial charge in [-0.25, -0.2) is 0 Å². The zero-order chi connectivity index (χ0) is 25.4. The molecule has 1 saturated heterocycles.